The van der Waals surface area contributed by atoms with Crippen LogP contribution >= 0.6 is 0 Å². The van der Waals surface area contributed by atoms with Crippen LogP contribution in [0.25, 0.3) is 0 Å². The largest absolute Gasteiger partial charge is 0.487 e. The quantitative estimate of drug-likeness (QED) is 0.562. The average molecular weight is 497 g/mol. The van der Waals surface area contributed by atoms with Crippen LogP contribution in [0.3, 0.4) is 0 Å². The lowest BCUT2D eigenvalue weighted by molar-refractivity contribution is 0.0778. The van der Waals surface area contributed by atoms with Crippen LogP contribution in [-0.2, 0) is 13.5 Å². The lowest BCUT2D eigenvalue weighted by atomic mass is 9.99. The summed E-state index contributed by atoms with van der Waals surface area (Å²) in [4.78, 5) is 26.8. The van der Waals surface area contributed by atoms with Gasteiger partial charge in [0.05, 0.1) is 12.1 Å². The number of hydrogen-bond acceptors (Lipinski definition) is 5. The number of ether oxygens (including phenoxy) is 2. The first kappa shape index (κ1) is 23.8. The number of halogens is 2. The highest BCUT2D eigenvalue weighted by Crippen LogP contribution is 2.43. The molecule has 1 aromatic heterocycles. The minimum absolute atomic E-state index is 0.0359. The highest BCUT2D eigenvalue weighted by atomic mass is 19.1. The van der Waals surface area contributed by atoms with Crippen LogP contribution in [0.4, 0.5) is 14.6 Å². The van der Waals surface area contributed by atoms with Gasteiger partial charge in [-0.25, -0.2) is 8.78 Å². The summed E-state index contributed by atoms with van der Waals surface area (Å²) >= 11 is 0. The molecule has 1 atom stereocenters. The Hall–Kier alpha value is -3.95. The second-order valence-electron chi connectivity index (χ2n) is 9.70. The van der Waals surface area contributed by atoms with E-state index in [1.54, 1.807) is 36.1 Å². The summed E-state index contributed by atoms with van der Waals surface area (Å²) in [5.41, 5.74) is 0.382. The van der Waals surface area contributed by atoms with E-state index in [-0.39, 0.29) is 36.4 Å². The number of anilines is 1. The number of nitrogens with one attached hydrogen (secondary N) is 1. The van der Waals surface area contributed by atoms with Crippen molar-refractivity contribution < 1.29 is 27.8 Å². The molecule has 188 valence electrons. The number of hydrogen-bond donors (Lipinski definition) is 1. The molecule has 0 radical (unpaired) electrons. The molecular formula is C26H26F2N4O4. The molecule has 2 aromatic carbocycles. The number of likely N-dealkylation sites (tertiary alicyclic amines) is 1. The molecule has 0 saturated carbocycles. The van der Waals surface area contributed by atoms with E-state index in [0.717, 1.165) is 11.6 Å². The Kier molecular flexibility index (Phi) is 5.89. The third kappa shape index (κ3) is 4.75. The Bertz CT molecular complexity index is 1350. The van der Waals surface area contributed by atoms with Gasteiger partial charge in [0.2, 0.25) is 0 Å². The van der Waals surface area contributed by atoms with E-state index in [2.05, 4.69) is 10.4 Å². The molecule has 36 heavy (non-hydrogen) atoms. The van der Waals surface area contributed by atoms with Gasteiger partial charge in [0.1, 0.15) is 34.8 Å². The molecule has 2 aliphatic heterocycles. The fourth-order valence-corrected chi connectivity index (χ4v) is 4.47. The number of carbonyl (C=O) groups excluding carboxylic acids is 2. The molecule has 3 heterocycles. The Labute approximate surface area is 206 Å². The number of fused-ring (bicyclic) bond motifs is 1. The average Bonchev–Trinajstić information content (AvgIpc) is 3.50. The summed E-state index contributed by atoms with van der Waals surface area (Å²) in [7, 11) is 1.74. The highest BCUT2D eigenvalue weighted by Gasteiger charge is 2.34. The van der Waals surface area contributed by atoms with Crippen LogP contribution < -0.4 is 14.8 Å². The zero-order chi connectivity index (χ0) is 25.6. The van der Waals surface area contributed by atoms with Gasteiger partial charge in [-0.15, -0.1) is 0 Å². The van der Waals surface area contributed by atoms with Crippen molar-refractivity contribution in [2.24, 2.45) is 7.05 Å². The third-order valence-electron chi connectivity index (χ3n) is 6.19. The fourth-order valence-electron chi connectivity index (χ4n) is 4.47. The molecule has 10 heteroatoms. The first-order valence-electron chi connectivity index (χ1n) is 11.7. The predicted molar refractivity (Wildman–Crippen MR) is 128 cm³/mol. The van der Waals surface area contributed by atoms with E-state index < -0.39 is 29.4 Å². The van der Waals surface area contributed by atoms with Crippen LogP contribution in [0, 0.1) is 5.82 Å². The number of carbonyl (C=O) groups is 2. The second kappa shape index (κ2) is 8.92. The van der Waals surface area contributed by atoms with E-state index in [0.29, 0.717) is 23.7 Å². The standard InChI is InChI=1S/C26H26F2N4O4/c1-26(2)13-19-21(10-15(11-22(19)36-26)24(33)29-23-7-8-31(3)30-23)35-17-4-5-18(20(28)12-17)25(34)32-9-6-16(27)14-32/h4-5,7-8,10-12,16H,6,9,13-14H2,1-3H3,(H,29,30,33)/t16-/m1/s1. The van der Waals surface area contributed by atoms with Crippen molar-refractivity contribution >= 4 is 17.6 Å². The zero-order valence-corrected chi connectivity index (χ0v) is 20.2. The summed E-state index contributed by atoms with van der Waals surface area (Å²) < 4.78 is 42.0. The smallest absolute Gasteiger partial charge is 0.257 e. The van der Waals surface area contributed by atoms with Gasteiger partial charge in [-0.05, 0) is 44.5 Å². The predicted octanol–water partition coefficient (Wildman–Crippen LogP) is 4.50. The molecule has 1 N–H and O–H groups in total. The maximum absolute atomic E-state index is 14.9. The van der Waals surface area contributed by atoms with Gasteiger partial charge in [-0.1, -0.05) is 0 Å². The number of nitrogens with zero attached hydrogens (tertiary/aromatic N) is 3. The van der Waals surface area contributed by atoms with Gasteiger partial charge < -0.3 is 19.7 Å². The van der Waals surface area contributed by atoms with Crippen LogP contribution in [0.15, 0.2) is 42.6 Å². The summed E-state index contributed by atoms with van der Waals surface area (Å²) in [6.07, 6.45) is 1.40. The zero-order valence-electron chi connectivity index (χ0n) is 20.2. The SMILES string of the molecule is Cn1ccc(NC(=O)c2cc(Oc3ccc(C(=O)N4CC[C@@H](F)C4)c(F)c3)c3c(c2)OC(C)(C)C3)n1. The summed E-state index contributed by atoms with van der Waals surface area (Å²) in [5.74, 6) is -0.318. The third-order valence-corrected chi connectivity index (χ3v) is 6.19. The monoisotopic (exact) mass is 496 g/mol. The Morgan fingerprint density at radius 2 is 2.03 bits per heavy atom. The van der Waals surface area contributed by atoms with Crippen LogP contribution in [0.5, 0.6) is 17.2 Å². The van der Waals surface area contributed by atoms with E-state index in [9.17, 15) is 18.4 Å². The molecular weight excluding hydrogens is 470 g/mol. The number of aryl methyl sites for hydroxylation is 1. The Morgan fingerprint density at radius 3 is 2.69 bits per heavy atom. The molecule has 5 rings (SSSR count). The van der Waals surface area contributed by atoms with Gasteiger partial charge in [0.25, 0.3) is 11.8 Å². The van der Waals surface area contributed by atoms with Crippen molar-refractivity contribution in [1.82, 2.24) is 14.7 Å². The highest BCUT2D eigenvalue weighted by molar-refractivity contribution is 6.04. The Morgan fingerprint density at radius 1 is 1.22 bits per heavy atom. The van der Waals surface area contributed by atoms with Crippen molar-refractivity contribution in [2.75, 3.05) is 18.4 Å². The fraction of sp³-hybridized carbons (Fsp3) is 0.346. The first-order chi connectivity index (χ1) is 17.1. The molecule has 0 spiro atoms. The molecule has 2 amide bonds. The van der Waals surface area contributed by atoms with E-state index in [1.165, 1.54) is 17.0 Å². The number of rotatable bonds is 5. The maximum Gasteiger partial charge on any atom is 0.257 e. The van der Waals surface area contributed by atoms with Gasteiger partial charge in [-0.2, -0.15) is 5.10 Å². The molecule has 0 bridgehead atoms. The number of aromatic nitrogens is 2. The van der Waals surface area contributed by atoms with Gasteiger partial charge in [0, 0.05) is 49.5 Å². The minimum atomic E-state index is -1.09. The molecule has 8 nitrogen and oxygen atoms in total. The maximum atomic E-state index is 14.9. The van der Waals surface area contributed by atoms with Crippen LogP contribution in [0.1, 0.15) is 46.5 Å². The molecule has 2 aliphatic rings. The number of alkyl halides is 1. The van der Waals surface area contributed by atoms with E-state index in [1.807, 2.05) is 13.8 Å². The Balaban J connectivity index is 1.42. The van der Waals surface area contributed by atoms with Crippen molar-refractivity contribution in [2.45, 2.75) is 38.5 Å². The second-order valence-corrected chi connectivity index (χ2v) is 9.70. The summed E-state index contributed by atoms with van der Waals surface area (Å²) in [6, 6.07) is 8.81. The molecule has 1 saturated heterocycles. The number of amides is 2. The van der Waals surface area contributed by atoms with Crippen molar-refractivity contribution in [3.8, 4) is 17.2 Å². The van der Waals surface area contributed by atoms with Crippen molar-refractivity contribution in [3.05, 3.63) is 65.1 Å². The summed E-state index contributed by atoms with van der Waals surface area (Å²) in [6.45, 7) is 4.06. The van der Waals surface area contributed by atoms with Crippen LogP contribution in [-0.4, -0.2) is 51.4 Å². The normalized spacial score (nSPS) is 18.0. The molecule has 1 fully saturated rings. The van der Waals surface area contributed by atoms with Crippen molar-refractivity contribution in [1.29, 1.82) is 0 Å². The van der Waals surface area contributed by atoms with Gasteiger partial charge in [-0.3, -0.25) is 14.3 Å². The van der Waals surface area contributed by atoms with Crippen molar-refractivity contribution in [3.63, 3.8) is 0 Å². The lowest BCUT2D eigenvalue weighted by Crippen LogP contribution is -2.29. The summed E-state index contributed by atoms with van der Waals surface area (Å²) in [5, 5.41) is 6.89. The van der Waals surface area contributed by atoms with Crippen LogP contribution in [0.2, 0.25) is 0 Å². The molecule has 0 aliphatic carbocycles. The van der Waals surface area contributed by atoms with Gasteiger partial charge >= 0.3 is 0 Å². The molecule has 0 unspecified atom stereocenters. The first-order valence-corrected chi connectivity index (χ1v) is 11.7. The van der Waals surface area contributed by atoms with E-state index in [4.69, 9.17) is 9.47 Å². The topological polar surface area (TPSA) is 85.7 Å². The lowest BCUT2D eigenvalue weighted by Gasteiger charge is -2.16. The van der Waals surface area contributed by atoms with E-state index >= 15 is 0 Å². The van der Waals surface area contributed by atoms with Gasteiger partial charge in [0.15, 0.2) is 5.82 Å². The minimum Gasteiger partial charge on any atom is -0.487 e. The molecule has 3 aromatic rings. The number of benzene rings is 2.